The number of hydrogen-bond acceptors (Lipinski definition) is 2. The van der Waals surface area contributed by atoms with Crippen LogP contribution in [-0.2, 0) is 22.4 Å². The van der Waals surface area contributed by atoms with E-state index in [-0.39, 0.29) is 17.2 Å². The van der Waals surface area contributed by atoms with E-state index in [1.807, 2.05) is 31.2 Å². The lowest BCUT2D eigenvalue weighted by atomic mass is 9.97. The van der Waals surface area contributed by atoms with E-state index in [2.05, 4.69) is 52.2 Å². The molecule has 1 aromatic rings. The smallest absolute Gasteiger partial charge is 0.224 e. The minimum Gasteiger partial charge on any atom is -0.356 e. The molecule has 1 aromatic carbocycles. The van der Waals surface area contributed by atoms with E-state index < -0.39 is 0 Å². The Labute approximate surface area is 153 Å². The minimum absolute atomic E-state index is 0.0215. The summed E-state index contributed by atoms with van der Waals surface area (Å²) in [6.07, 6.45) is 0.752. The highest BCUT2D eigenvalue weighted by molar-refractivity contribution is 5.79. The second-order valence-electron chi connectivity index (χ2n) is 8.19. The number of carbonyl (C=O) groups excluding carboxylic acids is 2. The van der Waals surface area contributed by atoms with Crippen LogP contribution in [0.1, 0.15) is 59.6 Å². The van der Waals surface area contributed by atoms with Crippen molar-refractivity contribution in [1.29, 1.82) is 0 Å². The summed E-state index contributed by atoms with van der Waals surface area (Å²) < 4.78 is 0. The Morgan fingerprint density at radius 3 is 1.56 bits per heavy atom. The van der Waals surface area contributed by atoms with Crippen molar-refractivity contribution in [1.82, 2.24) is 10.6 Å². The molecule has 1 rings (SSSR count). The Kier molecular flexibility index (Phi) is 10.8. The van der Waals surface area contributed by atoms with Gasteiger partial charge < -0.3 is 10.6 Å². The Morgan fingerprint density at radius 1 is 0.880 bits per heavy atom. The SMILES string of the molecule is CC(C)C.CCNC(=O)Cc1ccc(CC(=O)NCC(C)(C)C)cc1. The van der Waals surface area contributed by atoms with Crippen molar-refractivity contribution in [3.05, 3.63) is 35.4 Å². The number of carbonyl (C=O) groups is 2. The van der Waals surface area contributed by atoms with Crippen LogP contribution in [0.3, 0.4) is 0 Å². The highest BCUT2D eigenvalue weighted by Crippen LogP contribution is 2.11. The molecule has 0 saturated heterocycles. The van der Waals surface area contributed by atoms with Crippen LogP contribution in [0.25, 0.3) is 0 Å². The highest BCUT2D eigenvalue weighted by atomic mass is 16.2. The van der Waals surface area contributed by atoms with E-state index in [9.17, 15) is 9.59 Å². The molecule has 0 bridgehead atoms. The van der Waals surface area contributed by atoms with Crippen LogP contribution in [0.15, 0.2) is 24.3 Å². The zero-order valence-electron chi connectivity index (χ0n) is 17.0. The Morgan fingerprint density at radius 2 is 1.24 bits per heavy atom. The van der Waals surface area contributed by atoms with Crippen molar-refractivity contribution in [2.45, 2.75) is 61.3 Å². The van der Waals surface area contributed by atoms with Gasteiger partial charge in [-0.05, 0) is 29.4 Å². The maximum atomic E-state index is 11.8. The van der Waals surface area contributed by atoms with Gasteiger partial charge in [-0.3, -0.25) is 9.59 Å². The average molecular weight is 349 g/mol. The van der Waals surface area contributed by atoms with Gasteiger partial charge in [0.15, 0.2) is 0 Å². The molecule has 0 aliphatic rings. The largest absolute Gasteiger partial charge is 0.356 e. The molecule has 0 spiro atoms. The molecular weight excluding hydrogens is 312 g/mol. The molecule has 0 atom stereocenters. The normalized spacial score (nSPS) is 10.7. The van der Waals surface area contributed by atoms with Gasteiger partial charge in [0.05, 0.1) is 12.8 Å². The fourth-order valence-electron chi connectivity index (χ4n) is 1.83. The van der Waals surface area contributed by atoms with Crippen LogP contribution in [0.2, 0.25) is 0 Å². The number of benzene rings is 1. The third-order valence-electron chi connectivity index (χ3n) is 2.94. The summed E-state index contributed by atoms with van der Waals surface area (Å²) >= 11 is 0. The Balaban J connectivity index is 0.00000129. The molecule has 0 saturated carbocycles. The lowest BCUT2D eigenvalue weighted by Crippen LogP contribution is -2.33. The molecule has 0 fully saturated rings. The monoisotopic (exact) mass is 348 g/mol. The molecule has 0 aromatic heterocycles. The van der Waals surface area contributed by atoms with Gasteiger partial charge in [-0.15, -0.1) is 0 Å². The summed E-state index contributed by atoms with van der Waals surface area (Å²) in [6.45, 7) is 16.0. The molecule has 0 aliphatic heterocycles. The summed E-state index contributed by atoms with van der Waals surface area (Å²) in [7, 11) is 0. The highest BCUT2D eigenvalue weighted by Gasteiger charge is 2.12. The van der Waals surface area contributed by atoms with Crippen LogP contribution in [0, 0.1) is 11.3 Å². The van der Waals surface area contributed by atoms with Crippen LogP contribution in [0.5, 0.6) is 0 Å². The molecule has 0 radical (unpaired) electrons. The van der Waals surface area contributed by atoms with Crippen molar-refractivity contribution in [2.24, 2.45) is 11.3 Å². The molecule has 0 unspecified atom stereocenters. The average Bonchev–Trinajstić information content (AvgIpc) is 2.46. The first kappa shape index (κ1) is 23.2. The van der Waals surface area contributed by atoms with Gasteiger partial charge in [-0.25, -0.2) is 0 Å². The van der Waals surface area contributed by atoms with Gasteiger partial charge in [0.2, 0.25) is 11.8 Å². The van der Waals surface area contributed by atoms with Crippen LogP contribution < -0.4 is 10.6 Å². The molecule has 142 valence electrons. The zero-order chi connectivity index (χ0) is 19.5. The Bertz CT molecular complexity index is 511. The maximum Gasteiger partial charge on any atom is 0.224 e. The zero-order valence-corrected chi connectivity index (χ0v) is 17.0. The van der Waals surface area contributed by atoms with Crippen molar-refractivity contribution in [3.8, 4) is 0 Å². The second kappa shape index (κ2) is 11.7. The quantitative estimate of drug-likeness (QED) is 0.823. The van der Waals surface area contributed by atoms with E-state index >= 15 is 0 Å². The number of nitrogens with one attached hydrogen (secondary N) is 2. The maximum absolute atomic E-state index is 11.8. The van der Waals surface area contributed by atoms with Crippen LogP contribution >= 0.6 is 0 Å². The second-order valence-corrected chi connectivity index (χ2v) is 8.19. The first-order valence-corrected chi connectivity index (χ1v) is 9.14. The summed E-state index contributed by atoms with van der Waals surface area (Å²) in [5, 5.41) is 5.70. The standard InChI is InChI=1S/C17H26N2O2.C4H10/c1-5-18-15(20)10-13-6-8-14(9-7-13)11-16(21)19-12-17(2,3)4;1-4(2)3/h6-9H,5,10-12H2,1-4H3,(H,18,20)(H,19,21);4H,1-3H3. The molecule has 25 heavy (non-hydrogen) atoms. The predicted molar refractivity (Wildman–Crippen MR) is 106 cm³/mol. The Hall–Kier alpha value is -1.84. The van der Waals surface area contributed by atoms with E-state index in [1.54, 1.807) is 0 Å². The number of rotatable bonds is 6. The molecule has 2 amide bonds. The fraction of sp³-hybridized carbons (Fsp3) is 0.619. The van der Waals surface area contributed by atoms with Crippen molar-refractivity contribution >= 4 is 11.8 Å². The molecule has 0 heterocycles. The van der Waals surface area contributed by atoms with Crippen molar-refractivity contribution in [3.63, 3.8) is 0 Å². The van der Waals surface area contributed by atoms with Gasteiger partial charge in [-0.2, -0.15) is 0 Å². The summed E-state index contributed by atoms with van der Waals surface area (Å²) in [6, 6.07) is 7.62. The van der Waals surface area contributed by atoms with Gasteiger partial charge >= 0.3 is 0 Å². The van der Waals surface area contributed by atoms with Crippen LogP contribution in [-0.4, -0.2) is 24.9 Å². The number of amides is 2. The number of hydrogen-bond donors (Lipinski definition) is 2. The van der Waals surface area contributed by atoms with Crippen molar-refractivity contribution in [2.75, 3.05) is 13.1 Å². The van der Waals surface area contributed by atoms with E-state index in [1.165, 1.54) is 0 Å². The van der Waals surface area contributed by atoms with Gasteiger partial charge in [0.1, 0.15) is 0 Å². The first-order valence-electron chi connectivity index (χ1n) is 9.14. The predicted octanol–water partition coefficient (Wildman–Crippen LogP) is 3.73. The molecule has 2 N–H and O–H groups in total. The van der Waals surface area contributed by atoms with Gasteiger partial charge in [0, 0.05) is 13.1 Å². The molecule has 4 heteroatoms. The van der Waals surface area contributed by atoms with Gasteiger partial charge in [-0.1, -0.05) is 65.8 Å². The van der Waals surface area contributed by atoms with Crippen LogP contribution in [0.4, 0.5) is 0 Å². The summed E-state index contributed by atoms with van der Waals surface area (Å²) in [5.41, 5.74) is 2.01. The summed E-state index contributed by atoms with van der Waals surface area (Å²) in [5.74, 6) is 0.884. The van der Waals surface area contributed by atoms with E-state index in [0.29, 0.717) is 25.9 Å². The molecule has 4 nitrogen and oxygen atoms in total. The van der Waals surface area contributed by atoms with E-state index in [0.717, 1.165) is 17.0 Å². The lowest BCUT2D eigenvalue weighted by molar-refractivity contribution is -0.121. The first-order chi connectivity index (χ1) is 11.5. The minimum atomic E-state index is 0.0215. The third kappa shape index (κ3) is 14.2. The summed E-state index contributed by atoms with van der Waals surface area (Å²) in [4.78, 5) is 23.3. The molecule has 0 aliphatic carbocycles. The number of likely N-dealkylation sites (N-methyl/N-ethyl adjacent to an activating group) is 1. The van der Waals surface area contributed by atoms with Crippen molar-refractivity contribution < 1.29 is 9.59 Å². The topological polar surface area (TPSA) is 58.2 Å². The lowest BCUT2D eigenvalue weighted by Gasteiger charge is -2.18. The van der Waals surface area contributed by atoms with E-state index in [4.69, 9.17) is 0 Å². The molecular formula is C21H36N2O2. The third-order valence-corrected chi connectivity index (χ3v) is 2.94. The fourth-order valence-corrected chi connectivity index (χ4v) is 1.83. The van der Waals surface area contributed by atoms with Gasteiger partial charge in [0.25, 0.3) is 0 Å².